The summed E-state index contributed by atoms with van der Waals surface area (Å²) in [6.45, 7) is 3.07. The summed E-state index contributed by atoms with van der Waals surface area (Å²) in [6, 6.07) is 0. The fourth-order valence-electron chi connectivity index (χ4n) is 0.463. The smallest absolute Gasteiger partial charge is 0.342 e. The number of carboxylic acids is 1. The lowest BCUT2D eigenvalue weighted by Gasteiger charge is -1.87. The minimum atomic E-state index is -1.06. The minimum Gasteiger partial charge on any atom is -0.481 e. The minimum absolute atomic E-state index is 0.288. The topological polar surface area (TPSA) is 101 Å². The van der Waals surface area contributed by atoms with Crippen molar-refractivity contribution in [1.82, 2.24) is 0 Å². The highest BCUT2D eigenvalue weighted by Gasteiger charge is 1.98. The molecule has 0 atom stereocenters. The average Bonchev–Trinajstić information content (AvgIpc) is 2.03. The summed E-state index contributed by atoms with van der Waals surface area (Å²) < 4.78 is 0. The predicted octanol–water partition coefficient (Wildman–Crippen LogP) is 0.853. The number of hydrogen-bond donors (Lipinski definition) is 2. The van der Waals surface area contributed by atoms with Crippen molar-refractivity contribution in [2.45, 2.75) is 33.1 Å². The van der Waals surface area contributed by atoms with Crippen LogP contribution in [0.5, 0.6) is 0 Å². The number of Topliss-reactive ketones (excluding diaryl/α,β-unsaturated/α-hetero) is 1. The van der Waals surface area contributed by atoms with Crippen LogP contribution in [0.2, 0.25) is 0 Å². The number of hydrogen-bond acceptors (Lipinski definition) is 5. The van der Waals surface area contributed by atoms with Crippen LogP contribution < -0.4 is 0 Å². The van der Waals surface area contributed by atoms with Crippen molar-refractivity contribution in [3.8, 4) is 0 Å². The molecule has 0 unspecified atom stereocenters. The fraction of sp³-hybridized carbons (Fsp3) is 0.625. The van der Waals surface area contributed by atoms with Gasteiger partial charge in [-0.25, -0.2) is 4.79 Å². The Kier molecular flexibility index (Phi) is 10.4. The Bertz CT molecular complexity index is 186. The molecule has 0 bridgehead atoms. The van der Waals surface area contributed by atoms with E-state index in [1.54, 1.807) is 0 Å². The van der Waals surface area contributed by atoms with Gasteiger partial charge in [-0.2, -0.15) is 5.26 Å². The highest BCUT2D eigenvalue weighted by atomic mass is 17.1. The van der Waals surface area contributed by atoms with Gasteiger partial charge in [0.15, 0.2) is 0 Å². The lowest BCUT2D eigenvalue weighted by molar-refractivity contribution is -0.234. The monoisotopic (exact) mass is 206 g/mol. The molecular formula is C8H14O6. The standard InChI is InChI=1S/C4H6O3.C4H8O3/c1-3(5)2-4(6)7;1-2-3-4(5)7-6/h2H2,1H3,(H,6,7);6H,2-3H2,1H3. The zero-order valence-corrected chi connectivity index (χ0v) is 8.15. The van der Waals surface area contributed by atoms with E-state index < -0.39 is 11.9 Å². The summed E-state index contributed by atoms with van der Waals surface area (Å²) in [6.07, 6.45) is 0.635. The lowest BCUT2D eigenvalue weighted by atomic mass is 10.3. The van der Waals surface area contributed by atoms with E-state index in [2.05, 4.69) is 4.89 Å². The van der Waals surface area contributed by atoms with Gasteiger partial charge in [0.2, 0.25) is 0 Å². The summed E-state index contributed by atoms with van der Waals surface area (Å²) in [5, 5.41) is 15.5. The Morgan fingerprint density at radius 1 is 1.29 bits per heavy atom. The molecule has 0 radical (unpaired) electrons. The van der Waals surface area contributed by atoms with E-state index >= 15 is 0 Å². The third-order valence-corrected chi connectivity index (χ3v) is 0.956. The van der Waals surface area contributed by atoms with E-state index in [0.717, 1.165) is 0 Å². The molecule has 0 aromatic heterocycles. The van der Waals surface area contributed by atoms with Gasteiger partial charge in [-0.15, -0.1) is 0 Å². The summed E-state index contributed by atoms with van der Waals surface area (Å²) >= 11 is 0. The molecule has 0 amide bonds. The van der Waals surface area contributed by atoms with Crippen molar-refractivity contribution >= 4 is 17.7 Å². The van der Waals surface area contributed by atoms with Crippen LogP contribution in [0.3, 0.4) is 0 Å². The van der Waals surface area contributed by atoms with Gasteiger partial charge in [0.05, 0.1) is 0 Å². The van der Waals surface area contributed by atoms with Crippen LogP contribution in [0.1, 0.15) is 33.1 Å². The Morgan fingerprint density at radius 3 is 1.86 bits per heavy atom. The molecule has 0 aliphatic heterocycles. The molecule has 82 valence electrons. The molecule has 0 heterocycles. The zero-order valence-electron chi connectivity index (χ0n) is 8.15. The van der Waals surface area contributed by atoms with E-state index in [-0.39, 0.29) is 18.6 Å². The van der Waals surface area contributed by atoms with E-state index in [1.807, 2.05) is 6.92 Å². The van der Waals surface area contributed by atoms with Crippen LogP contribution in [0.15, 0.2) is 0 Å². The van der Waals surface area contributed by atoms with Crippen LogP contribution in [0, 0.1) is 0 Å². The zero-order chi connectivity index (χ0) is 11.6. The van der Waals surface area contributed by atoms with Crippen molar-refractivity contribution in [3.05, 3.63) is 0 Å². The maximum Gasteiger partial charge on any atom is 0.342 e. The van der Waals surface area contributed by atoms with Gasteiger partial charge in [-0.1, -0.05) is 6.92 Å². The molecule has 0 aromatic carbocycles. The van der Waals surface area contributed by atoms with Gasteiger partial charge in [-0.3, -0.25) is 9.59 Å². The molecule has 0 fully saturated rings. The van der Waals surface area contributed by atoms with Gasteiger partial charge in [0.1, 0.15) is 12.2 Å². The first-order chi connectivity index (χ1) is 6.43. The highest BCUT2D eigenvalue weighted by molar-refractivity contribution is 5.93. The van der Waals surface area contributed by atoms with Crippen molar-refractivity contribution in [2.75, 3.05) is 0 Å². The highest BCUT2D eigenvalue weighted by Crippen LogP contribution is 1.86. The van der Waals surface area contributed by atoms with Gasteiger partial charge >= 0.3 is 11.9 Å². The van der Waals surface area contributed by atoms with E-state index in [0.29, 0.717) is 6.42 Å². The first kappa shape index (κ1) is 15.1. The van der Waals surface area contributed by atoms with Gasteiger partial charge in [0, 0.05) is 6.42 Å². The molecule has 6 heteroatoms. The van der Waals surface area contributed by atoms with Gasteiger partial charge < -0.3 is 9.99 Å². The number of carbonyl (C=O) groups is 3. The van der Waals surface area contributed by atoms with Crippen LogP contribution in [-0.2, 0) is 19.3 Å². The number of ketones is 1. The first-order valence-electron chi connectivity index (χ1n) is 3.99. The number of carbonyl (C=O) groups excluding carboxylic acids is 2. The summed E-state index contributed by atoms with van der Waals surface area (Å²) in [7, 11) is 0. The number of rotatable bonds is 4. The van der Waals surface area contributed by atoms with Crippen LogP contribution in [0.4, 0.5) is 0 Å². The van der Waals surface area contributed by atoms with E-state index in [4.69, 9.17) is 10.4 Å². The Balaban J connectivity index is 0. The Hall–Kier alpha value is -1.43. The molecule has 0 spiro atoms. The molecular weight excluding hydrogens is 192 g/mol. The molecule has 2 N–H and O–H groups in total. The normalized spacial score (nSPS) is 8.21. The molecule has 0 aliphatic rings. The van der Waals surface area contributed by atoms with Crippen molar-refractivity contribution in [1.29, 1.82) is 0 Å². The van der Waals surface area contributed by atoms with Crippen molar-refractivity contribution < 1.29 is 29.6 Å². The fourth-order valence-corrected chi connectivity index (χ4v) is 0.463. The molecule has 0 aliphatic carbocycles. The Labute approximate surface area is 81.4 Å². The van der Waals surface area contributed by atoms with Crippen LogP contribution >= 0.6 is 0 Å². The van der Waals surface area contributed by atoms with Gasteiger partial charge in [-0.05, 0) is 13.3 Å². The predicted molar refractivity (Wildman–Crippen MR) is 46.6 cm³/mol. The van der Waals surface area contributed by atoms with E-state index in [1.165, 1.54) is 6.92 Å². The molecule has 6 nitrogen and oxygen atoms in total. The molecule has 0 rings (SSSR count). The summed E-state index contributed by atoms with van der Waals surface area (Å²) in [5.41, 5.74) is 0. The molecule has 0 saturated heterocycles. The quantitative estimate of drug-likeness (QED) is 0.401. The third kappa shape index (κ3) is 16.9. The summed E-state index contributed by atoms with van der Waals surface area (Å²) in [5.74, 6) is -1.94. The first-order valence-corrected chi connectivity index (χ1v) is 3.99. The Morgan fingerprint density at radius 2 is 1.79 bits per heavy atom. The van der Waals surface area contributed by atoms with Crippen LogP contribution in [-0.4, -0.2) is 28.1 Å². The van der Waals surface area contributed by atoms with Crippen molar-refractivity contribution in [2.24, 2.45) is 0 Å². The molecule has 14 heavy (non-hydrogen) atoms. The van der Waals surface area contributed by atoms with Crippen molar-refractivity contribution in [3.63, 3.8) is 0 Å². The van der Waals surface area contributed by atoms with E-state index in [9.17, 15) is 14.4 Å². The maximum absolute atomic E-state index is 9.94. The second kappa shape index (κ2) is 9.66. The molecule has 0 aromatic rings. The average molecular weight is 206 g/mol. The second-order valence-corrected chi connectivity index (χ2v) is 2.49. The lowest BCUT2D eigenvalue weighted by Crippen LogP contribution is -2.00. The molecule has 0 saturated carbocycles. The SMILES string of the molecule is CC(=O)CC(=O)O.CCCC(=O)OO. The second-order valence-electron chi connectivity index (χ2n) is 2.49. The third-order valence-electron chi connectivity index (χ3n) is 0.956. The number of aliphatic carboxylic acids is 1. The summed E-state index contributed by atoms with van der Waals surface area (Å²) in [4.78, 5) is 32.8. The van der Waals surface area contributed by atoms with Gasteiger partial charge in [0.25, 0.3) is 0 Å². The largest absolute Gasteiger partial charge is 0.481 e. The maximum atomic E-state index is 9.94. The van der Waals surface area contributed by atoms with Crippen LogP contribution in [0.25, 0.3) is 0 Å². The number of carboxylic acid groups (broad SMARTS) is 1.